The Kier molecular flexibility index (Phi) is 3.66. The third-order valence-electron chi connectivity index (χ3n) is 3.63. The van der Waals surface area contributed by atoms with Gasteiger partial charge in [0.25, 0.3) is 5.91 Å². The minimum Gasteiger partial charge on any atom is -0.497 e. The maximum absolute atomic E-state index is 12.4. The second kappa shape index (κ2) is 5.82. The Morgan fingerprint density at radius 2 is 2.09 bits per heavy atom. The van der Waals surface area contributed by atoms with E-state index in [2.05, 4.69) is 16.1 Å². The normalized spacial score (nSPS) is 17.1. The van der Waals surface area contributed by atoms with Crippen molar-refractivity contribution in [2.45, 2.75) is 16.8 Å². The molecule has 0 unspecified atom stereocenters. The summed E-state index contributed by atoms with van der Waals surface area (Å²) in [6.07, 6.45) is 0.448. The van der Waals surface area contributed by atoms with Crippen molar-refractivity contribution in [3.63, 3.8) is 0 Å². The van der Waals surface area contributed by atoms with Crippen molar-refractivity contribution in [2.75, 3.05) is 7.11 Å². The smallest absolute Gasteiger partial charge is 0.250 e. The number of methoxy groups -OCH3 is 1. The van der Waals surface area contributed by atoms with E-state index in [0.29, 0.717) is 17.4 Å². The topological polar surface area (TPSA) is 57.0 Å². The van der Waals surface area contributed by atoms with Gasteiger partial charge in [-0.2, -0.15) is 4.68 Å². The number of carbonyl (C=O) groups excluding carboxylic acids is 1. The number of nitrogens with zero attached hydrogens (tertiary/aromatic N) is 3. The van der Waals surface area contributed by atoms with Gasteiger partial charge in [0.05, 0.1) is 12.4 Å². The predicted molar refractivity (Wildman–Crippen MR) is 90.2 cm³/mol. The quantitative estimate of drug-likeness (QED) is 0.722. The molecule has 0 amide bonds. The van der Waals surface area contributed by atoms with E-state index in [-0.39, 0.29) is 11.2 Å². The minimum absolute atomic E-state index is 0.00980. The first kappa shape index (κ1) is 14.5. The van der Waals surface area contributed by atoms with E-state index in [4.69, 9.17) is 4.74 Å². The van der Waals surface area contributed by atoms with Crippen LogP contribution in [0.2, 0.25) is 0 Å². The molecule has 5 nitrogen and oxygen atoms in total. The van der Waals surface area contributed by atoms with Crippen LogP contribution in [0.4, 0.5) is 0 Å². The van der Waals surface area contributed by atoms with Crippen LogP contribution in [-0.4, -0.2) is 27.8 Å². The second-order valence-electron chi connectivity index (χ2n) is 5.08. The number of rotatable bonds is 3. The highest BCUT2D eigenvalue weighted by Crippen LogP contribution is 2.43. The molecular formula is C16H13N3O2S2. The van der Waals surface area contributed by atoms with E-state index in [0.717, 1.165) is 11.3 Å². The number of carbonyl (C=O) groups is 1. The van der Waals surface area contributed by atoms with E-state index >= 15 is 0 Å². The van der Waals surface area contributed by atoms with Crippen LogP contribution in [0.5, 0.6) is 5.75 Å². The maximum atomic E-state index is 12.4. The summed E-state index contributed by atoms with van der Waals surface area (Å²) in [6, 6.07) is 11.6. The van der Waals surface area contributed by atoms with Gasteiger partial charge >= 0.3 is 0 Å². The number of thioether (sulfide) groups is 1. The summed E-state index contributed by atoms with van der Waals surface area (Å²) in [5, 5.41) is 7.19. The second-order valence-corrected chi connectivity index (χ2v) is 7.23. The Balaban J connectivity index is 1.66. The zero-order chi connectivity index (χ0) is 15.8. The number of thiophene rings is 1. The molecule has 2 aromatic heterocycles. The van der Waals surface area contributed by atoms with E-state index in [1.165, 1.54) is 9.56 Å². The highest BCUT2D eigenvalue weighted by Gasteiger charge is 2.30. The highest BCUT2D eigenvalue weighted by atomic mass is 32.2. The largest absolute Gasteiger partial charge is 0.497 e. The van der Waals surface area contributed by atoms with Crippen molar-refractivity contribution in [3.05, 3.63) is 46.7 Å². The van der Waals surface area contributed by atoms with Crippen LogP contribution in [0, 0.1) is 0 Å². The van der Waals surface area contributed by atoms with Crippen molar-refractivity contribution in [2.24, 2.45) is 0 Å². The molecule has 0 saturated heterocycles. The molecule has 3 aromatic rings. The molecule has 1 atom stereocenters. The molecule has 0 saturated carbocycles. The molecule has 1 aromatic carbocycles. The van der Waals surface area contributed by atoms with Gasteiger partial charge in [-0.3, -0.25) is 4.79 Å². The summed E-state index contributed by atoms with van der Waals surface area (Å²) in [7, 11) is 1.63. The third kappa shape index (κ3) is 2.66. The lowest BCUT2D eigenvalue weighted by atomic mass is 10.2. The van der Waals surface area contributed by atoms with E-state index in [1.54, 1.807) is 30.2 Å². The monoisotopic (exact) mass is 343 g/mol. The van der Waals surface area contributed by atoms with Crippen LogP contribution >= 0.6 is 23.1 Å². The van der Waals surface area contributed by atoms with Crippen LogP contribution in [-0.2, 0) is 0 Å². The minimum atomic E-state index is -0.00980. The molecular weight excluding hydrogens is 330 g/mol. The Morgan fingerprint density at radius 3 is 2.78 bits per heavy atom. The molecule has 0 radical (unpaired) electrons. The molecule has 4 rings (SSSR count). The van der Waals surface area contributed by atoms with Gasteiger partial charge in [0, 0.05) is 16.9 Å². The first-order valence-electron chi connectivity index (χ1n) is 7.09. The standard InChI is InChI=1S/C16H13N3O2S2/c1-21-11-6-4-10(5-7-11)15-17-16-19(18-15)14(20)9-13(23-16)12-3-2-8-22-12/h2-8,13H,9H2,1H3/t13-/m0/s1. The van der Waals surface area contributed by atoms with E-state index in [1.807, 2.05) is 35.7 Å². The molecule has 1 aliphatic heterocycles. The summed E-state index contributed by atoms with van der Waals surface area (Å²) in [4.78, 5) is 18.1. The Labute approximate surface area is 141 Å². The fourth-order valence-corrected chi connectivity index (χ4v) is 4.52. The van der Waals surface area contributed by atoms with Crippen LogP contribution in [0.25, 0.3) is 11.4 Å². The fraction of sp³-hybridized carbons (Fsp3) is 0.188. The van der Waals surface area contributed by atoms with Gasteiger partial charge in [0.15, 0.2) is 11.0 Å². The van der Waals surface area contributed by atoms with E-state index < -0.39 is 0 Å². The van der Waals surface area contributed by atoms with Crippen molar-refractivity contribution in [3.8, 4) is 17.1 Å². The number of fused-ring (bicyclic) bond motifs is 1. The average Bonchev–Trinajstić information content (AvgIpc) is 3.24. The molecule has 0 aliphatic carbocycles. The molecule has 0 spiro atoms. The summed E-state index contributed by atoms with van der Waals surface area (Å²) < 4.78 is 6.58. The summed E-state index contributed by atoms with van der Waals surface area (Å²) >= 11 is 3.26. The zero-order valence-electron chi connectivity index (χ0n) is 12.3. The third-order valence-corrected chi connectivity index (χ3v) is 5.95. The van der Waals surface area contributed by atoms with Gasteiger partial charge in [0.1, 0.15) is 5.75 Å². The van der Waals surface area contributed by atoms with Gasteiger partial charge in [0.2, 0.25) is 0 Å². The first-order valence-corrected chi connectivity index (χ1v) is 8.85. The van der Waals surface area contributed by atoms with Gasteiger partial charge in [-0.15, -0.1) is 16.4 Å². The van der Waals surface area contributed by atoms with Crippen molar-refractivity contribution in [1.82, 2.24) is 14.8 Å². The summed E-state index contributed by atoms with van der Waals surface area (Å²) in [5.74, 6) is 1.33. The van der Waals surface area contributed by atoms with Crippen LogP contribution in [0.1, 0.15) is 21.3 Å². The molecule has 116 valence electrons. The molecule has 23 heavy (non-hydrogen) atoms. The fourth-order valence-electron chi connectivity index (χ4n) is 2.45. The number of aromatic nitrogens is 3. The SMILES string of the molecule is COc1ccc(-c2nc3n(n2)C(=O)C[C@@H](c2cccs2)S3)cc1. The van der Waals surface area contributed by atoms with Crippen LogP contribution in [0.3, 0.4) is 0 Å². The van der Waals surface area contributed by atoms with Gasteiger partial charge in [-0.25, -0.2) is 4.98 Å². The molecule has 1 aliphatic rings. The predicted octanol–water partition coefficient (Wildman–Crippen LogP) is 3.89. The number of hydrogen-bond acceptors (Lipinski definition) is 6. The van der Waals surface area contributed by atoms with Gasteiger partial charge < -0.3 is 4.74 Å². The molecule has 0 N–H and O–H groups in total. The highest BCUT2D eigenvalue weighted by molar-refractivity contribution is 7.99. The van der Waals surface area contributed by atoms with Gasteiger partial charge in [-0.05, 0) is 35.7 Å². The summed E-state index contributed by atoms with van der Waals surface area (Å²) in [6.45, 7) is 0. The molecule has 0 fully saturated rings. The molecule has 7 heteroatoms. The van der Waals surface area contributed by atoms with Crippen molar-refractivity contribution >= 4 is 29.0 Å². The van der Waals surface area contributed by atoms with Crippen molar-refractivity contribution in [1.29, 1.82) is 0 Å². The Morgan fingerprint density at radius 1 is 1.26 bits per heavy atom. The van der Waals surface area contributed by atoms with Crippen molar-refractivity contribution < 1.29 is 9.53 Å². The lowest BCUT2D eigenvalue weighted by Gasteiger charge is -2.18. The van der Waals surface area contributed by atoms with Crippen LogP contribution < -0.4 is 4.74 Å². The number of benzene rings is 1. The Hall–Kier alpha value is -2.12. The number of hydrogen-bond donors (Lipinski definition) is 0. The lowest BCUT2D eigenvalue weighted by molar-refractivity contribution is 0.0868. The van der Waals surface area contributed by atoms with Gasteiger partial charge in [-0.1, -0.05) is 17.8 Å². The summed E-state index contributed by atoms with van der Waals surface area (Å²) in [5.41, 5.74) is 0.869. The lowest BCUT2D eigenvalue weighted by Crippen LogP contribution is -2.20. The molecule has 0 bridgehead atoms. The van der Waals surface area contributed by atoms with E-state index in [9.17, 15) is 4.79 Å². The zero-order valence-corrected chi connectivity index (χ0v) is 13.9. The first-order chi connectivity index (χ1) is 11.2. The Bertz CT molecular complexity index is 841. The molecule has 3 heterocycles. The average molecular weight is 343 g/mol. The van der Waals surface area contributed by atoms with Crippen LogP contribution in [0.15, 0.2) is 46.9 Å². The number of ether oxygens (including phenoxy) is 1. The maximum Gasteiger partial charge on any atom is 0.250 e.